The Kier molecular flexibility index (Phi) is 7.75. The smallest absolute Gasteiger partial charge is 0.325 e. The van der Waals surface area contributed by atoms with Crippen molar-refractivity contribution in [2.24, 2.45) is 0 Å². The number of halogens is 1. The first-order valence-electron chi connectivity index (χ1n) is 8.86. The fraction of sp³-hybridized carbons (Fsp3) is 0.286. The molecule has 0 atom stereocenters. The molecule has 0 heterocycles. The topological polar surface area (TPSA) is 84.5 Å². The number of rotatable bonds is 7. The van der Waals surface area contributed by atoms with Crippen LogP contribution in [0.5, 0.6) is 0 Å². The lowest BCUT2D eigenvalue weighted by molar-refractivity contribution is -0.146. The minimum atomic E-state index is -0.686. The van der Waals surface area contributed by atoms with Crippen molar-refractivity contribution >= 4 is 39.4 Å². The highest BCUT2D eigenvalue weighted by Crippen LogP contribution is 2.27. The summed E-state index contributed by atoms with van der Waals surface area (Å²) in [6.07, 6.45) is 0. The van der Waals surface area contributed by atoms with Crippen LogP contribution in [0.25, 0.3) is 0 Å². The van der Waals surface area contributed by atoms with Gasteiger partial charge >= 0.3 is 5.97 Å². The van der Waals surface area contributed by atoms with Crippen molar-refractivity contribution in [3.8, 4) is 0 Å². The number of nitrogens with one attached hydrogen (secondary N) is 2. The number of amides is 2. The van der Waals surface area contributed by atoms with Crippen LogP contribution >= 0.6 is 15.9 Å². The predicted molar refractivity (Wildman–Crippen MR) is 111 cm³/mol. The number of ether oxygens (including phenoxy) is 1. The average molecular weight is 447 g/mol. The molecule has 2 rings (SSSR count). The lowest BCUT2D eigenvalue weighted by Crippen LogP contribution is -2.32. The fourth-order valence-electron chi connectivity index (χ4n) is 2.57. The SMILES string of the molecule is Cc1cccc(C(C)C)c1NC(=O)COC(=O)CNC(=O)c1ccc(Br)cc1. The molecule has 2 aromatic rings. The molecule has 0 aliphatic heterocycles. The van der Waals surface area contributed by atoms with E-state index in [9.17, 15) is 14.4 Å². The largest absolute Gasteiger partial charge is 0.454 e. The zero-order valence-electron chi connectivity index (χ0n) is 16.0. The van der Waals surface area contributed by atoms with Gasteiger partial charge in [0.25, 0.3) is 11.8 Å². The van der Waals surface area contributed by atoms with Crippen molar-refractivity contribution in [1.29, 1.82) is 0 Å². The second-order valence-electron chi connectivity index (χ2n) is 6.59. The summed E-state index contributed by atoms with van der Waals surface area (Å²) in [4.78, 5) is 35.9. The van der Waals surface area contributed by atoms with Crippen LogP contribution in [0.1, 0.15) is 41.3 Å². The van der Waals surface area contributed by atoms with Gasteiger partial charge in [-0.15, -0.1) is 0 Å². The van der Waals surface area contributed by atoms with Crippen LogP contribution in [0.15, 0.2) is 46.9 Å². The van der Waals surface area contributed by atoms with Crippen LogP contribution in [0.4, 0.5) is 5.69 Å². The highest BCUT2D eigenvalue weighted by atomic mass is 79.9. The minimum Gasteiger partial charge on any atom is -0.454 e. The Hall–Kier alpha value is -2.67. The average Bonchev–Trinajstić information content (AvgIpc) is 2.66. The van der Waals surface area contributed by atoms with Crippen LogP contribution in [0.2, 0.25) is 0 Å². The van der Waals surface area contributed by atoms with Crippen molar-refractivity contribution < 1.29 is 19.1 Å². The fourth-order valence-corrected chi connectivity index (χ4v) is 2.84. The third-order valence-electron chi connectivity index (χ3n) is 4.06. The molecule has 2 amide bonds. The van der Waals surface area contributed by atoms with Gasteiger partial charge in [-0.25, -0.2) is 0 Å². The monoisotopic (exact) mass is 446 g/mol. The molecule has 0 aliphatic rings. The van der Waals surface area contributed by atoms with E-state index in [1.165, 1.54) is 0 Å². The Bertz CT molecular complexity index is 863. The van der Waals surface area contributed by atoms with Crippen molar-refractivity contribution in [1.82, 2.24) is 5.32 Å². The van der Waals surface area contributed by atoms with Gasteiger partial charge in [0.15, 0.2) is 6.61 Å². The predicted octanol–water partition coefficient (Wildman–Crippen LogP) is 3.79. The summed E-state index contributed by atoms with van der Waals surface area (Å²) >= 11 is 3.29. The van der Waals surface area contributed by atoms with Crippen LogP contribution in [0, 0.1) is 6.92 Å². The number of carbonyl (C=O) groups excluding carboxylic acids is 3. The minimum absolute atomic E-state index is 0.242. The first kappa shape index (κ1) is 21.6. The molecule has 7 heteroatoms. The van der Waals surface area contributed by atoms with E-state index >= 15 is 0 Å². The highest BCUT2D eigenvalue weighted by molar-refractivity contribution is 9.10. The normalized spacial score (nSPS) is 10.5. The first-order chi connectivity index (χ1) is 13.3. The van der Waals surface area contributed by atoms with E-state index in [1.807, 2.05) is 39.0 Å². The van der Waals surface area contributed by atoms with Crippen LogP contribution in [0.3, 0.4) is 0 Å². The summed E-state index contributed by atoms with van der Waals surface area (Å²) in [5.74, 6) is -1.26. The van der Waals surface area contributed by atoms with Gasteiger partial charge in [-0.2, -0.15) is 0 Å². The Morgan fingerprint density at radius 1 is 1.07 bits per heavy atom. The number of hydrogen-bond donors (Lipinski definition) is 2. The molecule has 0 radical (unpaired) electrons. The van der Waals surface area contributed by atoms with Crippen molar-refractivity contribution in [3.63, 3.8) is 0 Å². The Balaban J connectivity index is 1.82. The number of benzene rings is 2. The Morgan fingerprint density at radius 3 is 2.39 bits per heavy atom. The van der Waals surface area contributed by atoms with E-state index in [0.29, 0.717) is 5.56 Å². The van der Waals surface area contributed by atoms with Gasteiger partial charge in [-0.3, -0.25) is 14.4 Å². The molecule has 0 saturated heterocycles. The molecule has 0 aromatic heterocycles. The van der Waals surface area contributed by atoms with Gasteiger partial charge in [0.05, 0.1) is 0 Å². The number of carbonyl (C=O) groups is 3. The zero-order chi connectivity index (χ0) is 20.7. The molecule has 0 spiro atoms. The molecule has 0 unspecified atom stereocenters. The number of para-hydroxylation sites is 1. The Labute approximate surface area is 172 Å². The molecule has 0 aliphatic carbocycles. The van der Waals surface area contributed by atoms with Crippen LogP contribution in [-0.4, -0.2) is 30.9 Å². The molecule has 28 heavy (non-hydrogen) atoms. The number of anilines is 1. The quantitative estimate of drug-likeness (QED) is 0.633. The summed E-state index contributed by atoms with van der Waals surface area (Å²) < 4.78 is 5.80. The second-order valence-corrected chi connectivity index (χ2v) is 7.51. The maximum atomic E-state index is 12.2. The molecule has 6 nitrogen and oxygen atoms in total. The molecule has 148 valence electrons. The van der Waals surface area contributed by atoms with Crippen LogP contribution < -0.4 is 10.6 Å². The summed E-state index contributed by atoms with van der Waals surface area (Å²) in [7, 11) is 0. The number of aryl methyl sites for hydroxylation is 1. The third kappa shape index (κ3) is 6.20. The molecule has 0 saturated carbocycles. The van der Waals surface area contributed by atoms with E-state index in [-0.39, 0.29) is 12.5 Å². The standard InChI is InChI=1S/C21H23BrN2O4/c1-13(2)17-6-4-5-14(3)20(17)24-18(25)12-28-19(26)11-23-21(27)15-7-9-16(22)10-8-15/h4-10,13H,11-12H2,1-3H3,(H,23,27)(H,24,25). The first-order valence-corrected chi connectivity index (χ1v) is 9.66. The molecule has 2 aromatic carbocycles. The maximum absolute atomic E-state index is 12.2. The highest BCUT2D eigenvalue weighted by Gasteiger charge is 2.14. The molecule has 2 N–H and O–H groups in total. The number of hydrogen-bond acceptors (Lipinski definition) is 4. The molecular formula is C21H23BrN2O4. The van der Waals surface area contributed by atoms with Gasteiger partial charge < -0.3 is 15.4 Å². The van der Waals surface area contributed by atoms with E-state index in [1.54, 1.807) is 24.3 Å². The molecule has 0 bridgehead atoms. The number of esters is 1. The van der Waals surface area contributed by atoms with Crippen molar-refractivity contribution in [2.45, 2.75) is 26.7 Å². The maximum Gasteiger partial charge on any atom is 0.325 e. The van der Waals surface area contributed by atoms with Gasteiger partial charge in [-0.1, -0.05) is 48.0 Å². The summed E-state index contributed by atoms with van der Waals surface area (Å²) in [6, 6.07) is 12.5. The molecule has 0 fully saturated rings. The van der Waals surface area contributed by atoms with E-state index in [4.69, 9.17) is 4.74 Å². The molecular weight excluding hydrogens is 424 g/mol. The summed E-state index contributed by atoms with van der Waals surface area (Å²) in [5, 5.41) is 5.27. The van der Waals surface area contributed by atoms with E-state index in [0.717, 1.165) is 21.3 Å². The second kappa shape index (κ2) is 10.0. The van der Waals surface area contributed by atoms with E-state index < -0.39 is 24.4 Å². The van der Waals surface area contributed by atoms with Gasteiger partial charge in [0, 0.05) is 15.7 Å². The van der Waals surface area contributed by atoms with Crippen LogP contribution in [-0.2, 0) is 14.3 Å². The lowest BCUT2D eigenvalue weighted by Gasteiger charge is -2.16. The van der Waals surface area contributed by atoms with Crippen molar-refractivity contribution in [2.75, 3.05) is 18.5 Å². The van der Waals surface area contributed by atoms with Gasteiger partial charge in [0.2, 0.25) is 0 Å². The van der Waals surface area contributed by atoms with Gasteiger partial charge in [-0.05, 0) is 48.2 Å². The van der Waals surface area contributed by atoms with Gasteiger partial charge in [0.1, 0.15) is 6.54 Å². The lowest BCUT2D eigenvalue weighted by atomic mass is 9.98. The summed E-state index contributed by atoms with van der Waals surface area (Å²) in [6.45, 7) is 5.25. The van der Waals surface area contributed by atoms with Crippen molar-refractivity contribution in [3.05, 3.63) is 63.6 Å². The van der Waals surface area contributed by atoms with E-state index in [2.05, 4.69) is 26.6 Å². The summed E-state index contributed by atoms with van der Waals surface area (Å²) in [5.41, 5.74) is 3.12. The Morgan fingerprint density at radius 2 is 1.75 bits per heavy atom. The zero-order valence-corrected chi connectivity index (χ0v) is 17.6. The third-order valence-corrected chi connectivity index (χ3v) is 4.58.